The van der Waals surface area contributed by atoms with Gasteiger partial charge in [-0.15, -0.1) is 0 Å². The first kappa shape index (κ1) is 58.2. The molecule has 0 heterocycles. The van der Waals surface area contributed by atoms with Gasteiger partial charge in [-0.3, -0.25) is 0 Å². The third-order valence-electron chi connectivity index (χ3n) is 20.6. The molecule has 2 aliphatic carbocycles. The molecule has 452 valence electrons. The zero-order chi connectivity index (χ0) is 64.2. The van der Waals surface area contributed by atoms with Gasteiger partial charge in [0.1, 0.15) is 0 Å². The lowest BCUT2D eigenvalue weighted by atomic mass is 9.75. The summed E-state index contributed by atoms with van der Waals surface area (Å²) >= 11 is 0. The van der Waals surface area contributed by atoms with Crippen molar-refractivity contribution in [2.75, 3.05) is 0 Å². The summed E-state index contributed by atoms with van der Waals surface area (Å²) in [5.41, 5.74) is 34.1. The van der Waals surface area contributed by atoms with Gasteiger partial charge in [-0.1, -0.05) is 326 Å². The van der Waals surface area contributed by atoms with Gasteiger partial charge in [0, 0.05) is 0 Å². The van der Waals surface area contributed by atoms with Gasteiger partial charge >= 0.3 is 0 Å². The molecule has 0 nitrogen and oxygen atoms in total. The molecular formula is C93H80. The van der Waals surface area contributed by atoms with Gasteiger partial charge in [0.25, 0.3) is 0 Å². The molecule has 0 atom stereocenters. The molecule has 0 N–H and O–H groups in total. The lowest BCUT2D eigenvalue weighted by Crippen LogP contribution is -2.17. The number of aryl methyl sites for hydroxylation is 1. The van der Waals surface area contributed by atoms with Crippen LogP contribution in [-0.4, -0.2) is 0 Å². The third-order valence-corrected chi connectivity index (χ3v) is 20.6. The number of benzene rings is 14. The lowest BCUT2D eigenvalue weighted by molar-refractivity contribution is 0.568. The molecule has 14 aromatic carbocycles. The minimum Gasteiger partial charge on any atom is -0.0622 e. The van der Waals surface area contributed by atoms with Crippen LogP contribution < -0.4 is 0 Å². The van der Waals surface area contributed by atoms with Crippen LogP contribution >= 0.6 is 0 Å². The molecule has 0 amide bonds. The van der Waals surface area contributed by atoms with E-state index in [4.69, 9.17) is 0 Å². The first-order chi connectivity index (χ1) is 44.6. The predicted octanol–water partition coefficient (Wildman–Crippen LogP) is 26.8. The Hall–Kier alpha value is -9.88. The highest BCUT2D eigenvalue weighted by Crippen LogP contribution is 2.66. The van der Waals surface area contributed by atoms with E-state index in [1.54, 1.807) is 0 Å². The summed E-state index contributed by atoms with van der Waals surface area (Å²) in [5, 5.41) is 10.2. The van der Waals surface area contributed by atoms with Gasteiger partial charge in [-0.25, -0.2) is 0 Å². The van der Waals surface area contributed by atoms with Crippen molar-refractivity contribution in [3.8, 4) is 122 Å². The highest BCUT2D eigenvalue weighted by atomic mass is 14.4. The zero-order valence-electron chi connectivity index (χ0n) is 56.2. The van der Waals surface area contributed by atoms with E-state index in [2.05, 4.69) is 339 Å². The van der Waals surface area contributed by atoms with Crippen LogP contribution in [0.15, 0.2) is 249 Å². The smallest absolute Gasteiger partial charge is 0.000116 e. The number of hydrogen-bond donors (Lipinski definition) is 0. The molecule has 0 spiro atoms. The average Bonchev–Trinajstić information content (AvgIpc) is 1.55. The fraction of sp³-hybridized carbons (Fsp3) is 0.183. The van der Waals surface area contributed by atoms with E-state index in [0.29, 0.717) is 0 Å². The summed E-state index contributed by atoms with van der Waals surface area (Å²) in [6.45, 7) is 30.8. The standard InChI is InChI=1S/C93H80/c1-55-47-74-75(54-73(55)56-31-19-14-20-32-56)77(58-35-23-16-24-36-58)89-81(60-39-27-18-28-40-60)87-72-46-44-70-82-69(43-45-71(83(72)82)86(87)80(59-37-25-17-26-38-59)88(89)76(74)57-33-21-15-22-34-57)84-78(61-48-63(90(2,3)4)52-64(49-61)91(5,6)7)67-41-29-30-42-68(67)79(85(70)84)62-50-65(92(8,9)10)53-66(51-62)93(11,12)13/h14-54H,1-13H3. The largest absolute Gasteiger partial charge is 0.0622 e. The molecule has 2 aliphatic rings. The van der Waals surface area contributed by atoms with Crippen molar-refractivity contribution in [1.82, 2.24) is 0 Å². The second-order valence-electron chi connectivity index (χ2n) is 30.8. The SMILES string of the molecule is Cc1cc2c(-c3ccccc3)c3c(-c4ccccc4)c4c(c(-c5ccccc5)c3c(-c3ccccc3)c2cc1-c1ccccc1)-c1ccc2c3c(ccc-4c13)-c1c-2c(-c2cc(C(C)(C)C)cc(C(C)(C)C)c2)c2ccccc2c1-c1cc(C(C)(C)C)cc(C(C)(C)C)c1. The highest BCUT2D eigenvalue weighted by molar-refractivity contribution is 6.39. The van der Waals surface area contributed by atoms with Gasteiger partial charge in [-0.05, 0) is 228 Å². The zero-order valence-corrected chi connectivity index (χ0v) is 56.2. The highest BCUT2D eigenvalue weighted by Gasteiger charge is 2.40. The molecule has 0 unspecified atom stereocenters. The Morgan fingerprint density at radius 2 is 0.452 bits per heavy atom. The van der Waals surface area contributed by atoms with Gasteiger partial charge in [0.15, 0.2) is 0 Å². The molecule has 0 saturated heterocycles. The van der Waals surface area contributed by atoms with Crippen LogP contribution in [0.3, 0.4) is 0 Å². The third kappa shape index (κ3) is 9.22. The Balaban J connectivity index is 1.13. The normalized spacial score (nSPS) is 12.8. The summed E-state index contributed by atoms with van der Waals surface area (Å²) in [6, 6.07) is 96.1. The predicted molar refractivity (Wildman–Crippen MR) is 403 cm³/mol. The van der Waals surface area contributed by atoms with Gasteiger partial charge in [0.05, 0.1) is 0 Å². The van der Waals surface area contributed by atoms with Crippen molar-refractivity contribution in [1.29, 1.82) is 0 Å². The van der Waals surface area contributed by atoms with Gasteiger partial charge < -0.3 is 0 Å². The second-order valence-corrected chi connectivity index (χ2v) is 30.8. The number of fused-ring (bicyclic) bond motifs is 9. The van der Waals surface area contributed by atoms with Crippen LogP contribution in [0.1, 0.15) is 111 Å². The van der Waals surface area contributed by atoms with Crippen molar-refractivity contribution < 1.29 is 0 Å². The number of hydrogen-bond acceptors (Lipinski definition) is 0. The molecule has 0 aliphatic heterocycles. The van der Waals surface area contributed by atoms with E-state index < -0.39 is 0 Å². The monoisotopic (exact) mass is 1200 g/mol. The van der Waals surface area contributed by atoms with Crippen LogP contribution in [0.4, 0.5) is 0 Å². The van der Waals surface area contributed by atoms with Crippen LogP contribution in [-0.2, 0) is 21.7 Å². The molecule has 0 heteroatoms. The molecule has 0 bridgehead atoms. The molecule has 0 radical (unpaired) electrons. The Kier molecular flexibility index (Phi) is 13.2. The molecule has 16 rings (SSSR count). The van der Waals surface area contributed by atoms with Crippen LogP contribution in [0.25, 0.3) is 165 Å². The summed E-state index contributed by atoms with van der Waals surface area (Å²) in [7, 11) is 0. The Labute approximate surface area is 550 Å². The van der Waals surface area contributed by atoms with E-state index in [-0.39, 0.29) is 21.7 Å². The maximum Gasteiger partial charge on any atom is -0.000116 e. The maximum atomic E-state index is 2.54. The quantitative estimate of drug-likeness (QED) is 0.140. The van der Waals surface area contributed by atoms with E-state index in [1.807, 2.05) is 0 Å². The maximum absolute atomic E-state index is 2.54. The topological polar surface area (TPSA) is 0 Å². The fourth-order valence-electron chi connectivity index (χ4n) is 15.9. The van der Waals surface area contributed by atoms with Gasteiger partial charge in [-0.2, -0.15) is 0 Å². The van der Waals surface area contributed by atoms with Crippen molar-refractivity contribution >= 4 is 43.1 Å². The summed E-state index contributed by atoms with van der Waals surface area (Å²) in [5.74, 6) is 0. The fourth-order valence-corrected chi connectivity index (χ4v) is 15.9. The lowest BCUT2D eigenvalue weighted by Gasteiger charge is -2.29. The van der Waals surface area contributed by atoms with E-state index in [9.17, 15) is 0 Å². The Morgan fingerprint density at radius 1 is 0.183 bits per heavy atom. The molecule has 0 saturated carbocycles. The summed E-state index contributed by atoms with van der Waals surface area (Å²) < 4.78 is 0. The molecule has 0 fully saturated rings. The van der Waals surface area contributed by atoms with E-state index >= 15 is 0 Å². The van der Waals surface area contributed by atoms with E-state index in [0.717, 1.165) is 0 Å². The number of rotatable bonds is 7. The Morgan fingerprint density at radius 3 is 0.763 bits per heavy atom. The minimum absolute atomic E-state index is 0.0882. The summed E-state index contributed by atoms with van der Waals surface area (Å²) in [6.07, 6.45) is 0. The van der Waals surface area contributed by atoms with E-state index in [1.165, 1.54) is 193 Å². The molecule has 93 heavy (non-hydrogen) atoms. The first-order valence-corrected chi connectivity index (χ1v) is 33.6. The minimum atomic E-state index is -0.0882. The van der Waals surface area contributed by atoms with Crippen LogP contribution in [0, 0.1) is 6.92 Å². The molecule has 14 aromatic rings. The van der Waals surface area contributed by atoms with Crippen molar-refractivity contribution in [3.05, 3.63) is 277 Å². The van der Waals surface area contributed by atoms with Crippen molar-refractivity contribution in [2.24, 2.45) is 0 Å². The summed E-state index contributed by atoms with van der Waals surface area (Å²) in [4.78, 5) is 0. The molecular weight excluding hydrogens is 1120 g/mol. The first-order valence-electron chi connectivity index (χ1n) is 33.6. The van der Waals surface area contributed by atoms with Gasteiger partial charge in [0.2, 0.25) is 0 Å². The average molecular weight is 1200 g/mol. The second kappa shape index (κ2) is 21.1. The Bertz CT molecular complexity index is 5210. The van der Waals surface area contributed by atoms with Crippen molar-refractivity contribution in [2.45, 2.75) is 112 Å². The van der Waals surface area contributed by atoms with Crippen LogP contribution in [0.5, 0.6) is 0 Å². The molecule has 0 aromatic heterocycles. The van der Waals surface area contributed by atoms with Crippen LogP contribution in [0.2, 0.25) is 0 Å². The van der Waals surface area contributed by atoms with Crippen molar-refractivity contribution in [3.63, 3.8) is 0 Å².